The van der Waals surface area contributed by atoms with Crippen LogP contribution in [0.2, 0.25) is 0 Å². The third kappa shape index (κ3) is 5.68. The molecule has 1 aromatic carbocycles. The Morgan fingerprint density at radius 1 is 1.12 bits per heavy atom. The van der Waals surface area contributed by atoms with Gasteiger partial charge < -0.3 is 29.1 Å². The second-order valence-corrected chi connectivity index (χ2v) is 7.88. The van der Waals surface area contributed by atoms with E-state index in [9.17, 15) is 9.59 Å². The van der Waals surface area contributed by atoms with Crippen LogP contribution in [0.4, 0.5) is 4.79 Å². The molecule has 0 aliphatic carbocycles. The van der Waals surface area contributed by atoms with Crippen molar-refractivity contribution in [3.63, 3.8) is 0 Å². The largest absolute Gasteiger partial charge is 0.497 e. The number of nitrogens with zero attached hydrogens (tertiary/aromatic N) is 4. The summed E-state index contributed by atoms with van der Waals surface area (Å²) in [4.78, 5) is 33.1. The lowest BCUT2D eigenvalue weighted by Crippen LogP contribution is -2.53. The van der Waals surface area contributed by atoms with Gasteiger partial charge in [0.25, 0.3) is 5.91 Å². The predicted octanol–water partition coefficient (Wildman–Crippen LogP) is 2.31. The maximum absolute atomic E-state index is 12.9. The van der Waals surface area contributed by atoms with Crippen molar-refractivity contribution in [2.75, 3.05) is 46.9 Å². The highest BCUT2D eigenvalue weighted by atomic mass is 16.5. The van der Waals surface area contributed by atoms with Gasteiger partial charge in [-0.25, -0.2) is 4.79 Å². The average molecular weight is 446 g/mol. The van der Waals surface area contributed by atoms with Gasteiger partial charge in [-0.1, -0.05) is 19.0 Å². The van der Waals surface area contributed by atoms with Gasteiger partial charge in [-0.2, -0.15) is 4.98 Å². The average Bonchev–Trinajstić information content (AvgIpc) is 3.30. The zero-order chi connectivity index (χ0) is 23.1. The Kier molecular flexibility index (Phi) is 7.91. The van der Waals surface area contributed by atoms with E-state index >= 15 is 0 Å². The van der Waals surface area contributed by atoms with E-state index in [2.05, 4.69) is 15.5 Å². The highest BCUT2D eigenvalue weighted by Gasteiger charge is 2.26. The van der Waals surface area contributed by atoms with Gasteiger partial charge in [0.1, 0.15) is 11.5 Å². The van der Waals surface area contributed by atoms with Crippen LogP contribution in [0.25, 0.3) is 0 Å². The van der Waals surface area contributed by atoms with Crippen LogP contribution in [0, 0.1) is 0 Å². The van der Waals surface area contributed by atoms with Gasteiger partial charge in [0.05, 0.1) is 19.8 Å². The van der Waals surface area contributed by atoms with E-state index in [4.69, 9.17) is 14.0 Å². The summed E-state index contributed by atoms with van der Waals surface area (Å²) in [5.74, 6) is 2.48. The van der Waals surface area contributed by atoms with Crippen molar-refractivity contribution < 1.29 is 23.6 Å². The molecule has 0 bridgehead atoms. The minimum Gasteiger partial charge on any atom is -0.497 e. The zero-order valence-corrected chi connectivity index (χ0v) is 19.1. The molecule has 1 fully saturated rings. The number of hydrogen-bond acceptors (Lipinski definition) is 7. The summed E-state index contributed by atoms with van der Waals surface area (Å²) in [6.07, 6.45) is 1.33. The van der Waals surface area contributed by atoms with E-state index in [1.165, 1.54) is 7.11 Å². The first-order valence-electron chi connectivity index (χ1n) is 10.8. The Morgan fingerprint density at radius 3 is 2.47 bits per heavy atom. The number of carbonyl (C=O) groups excluding carboxylic acids is 2. The molecule has 1 N–H and O–H groups in total. The number of amides is 3. The van der Waals surface area contributed by atoms with Gasteiger partial charge in [-0.3, -0.25) is 4.79 Å². The first-order chi connectivity index (χ1) is 15.4. The van der Waals surface area contributed by atoms with Crippen molar-refractivity contribution in [2.24, 2.45) is 0 Å². The molecule has 0 saturated carbocycles. The van der Waals surface area contributed by atoms with Crippen molar-refractivity contribution in [1.82, 2.24) is 25.3 Å². The Bertz CT molecular complexity index is 921. The maximum Gasteiger partial charge on any atom is 0.317 e. The molecular formula is C22H31N5O5. The normalized spacial score (nSPS) is 13.9. The molecule has 1 aliphatic rings. The van der Waals surface area contributed by atoms with Gasteiger partial charge in [0.2, 0.25) is 5.89 Å². The molecule has 10 nitrogen and oxygen atoms in total. The molecule has 2 aromatic rings. The SMILES string of the molecule is COc1ccc(C(=O)N2CCN(C(=O)NCCCc3nc(C(C)C)no3)CC2)c(OC)c1. The standard InChI is InChI=1S/C22H31N5O5/c1-15(2)20-24-19(32-25-20)6-5-9-23-22(29)27-12-10-26(11-13-27)21(28)17-8-7-16(30-3)14-18(17)31-4/h7-8,14-15H,5-6,9-13H2,1-4H3,(H,23,29). The van der Waals surface area contributed by atoms with Crippen molar-refractivity contribution in [3.05, 3.63) is 35.5 Å². The molecule has 0 spiro atoms. The molecule has 0 radical (unpaired) electrons. The fourth-order valence-corrected chi connectivity index (χ4v) is 3.41. The lowest BCUT2D eigenvalue weighted by Gasteiger charge is -2.35. The fraction of sp³-hybridized carbons (Fsp3) is 0.545. The van der Waals surface area contributed by atoms with E-state index in [1.807, 2.05) is 13.8 Å². The summed E-state index contributed by atoms with van der Waals surface area (Å²) >= 11 is 0. The monoisotopic (exact) mass is 445 g/mol. The highest BCUT2D eigenvalue weighted by molar-refractivity contribution is 5.97. The summed E-state index contributed by atoms with van der Waals surface area (Å²) < 4.78 is 15.7. The summed E-state index contributed by atoms with van der Waals surface area (Å²) in [5, 5.41) is 6.86. The molecule has 3 rings (SSSR count). The number of urea groups is 1. The van der Waals surface area contributed by atoms with Crippen LogP contribution in [0.3, 0.4) is 0 Å². The Labute approximate surface area is 187 Å². The molecule has 10 heteroatoms. The number of aryl methyl sites for hydroxylation is 1. The second-order valence-electron chi connectivity index (χ2n) is 7.88. The number of ether oxygens (including phenoxy) is 2. The summed E-state index contributed by atoms with van der Waals surface area (Å²) in [5.41, 5.74) is 0.479. The van der Waals surface area contributed by atoms with Gasteiger partial charge in [-0.05, 0) is 18.6 Å². The Hall–Kier alpha value is -3.30. The summed E-state index contributed by atoms with van der Waals surface area (Å²) in [6, 6.07) is 4.99. The van der Waals surface area contributed by atoms with Crippen molar-refractivity contribution >= 4 is 11.9 Å². The van der Waals surface area contributed by atoms with Crippen molar-refractivity contribution in [2.45, 2.75) is 32.6 Å². The van der Waals surface area contributed by atoms with E-state index < -0.39 is 0 Å². The third-order valence-electron chi connectivity index (χ3n) is 5.34. The summed E-state index contributed by atoms with van der Waals surface area (Å²) in [6.45, 7) is 6.39. The van der Waals surface area contributed by atoms with Crippen LogP contribution in [0.15, 0.2) is 22.7 Å². The molecule has 0 atom stereocenters. The number of carbonyl (C=O) groups is 2. The number of methoxy groups -OCH3 is 2. The number of piperazine rings is 1. The van der Waals surface area contributed by atoms with Crippen LogP contribution < -0.4 is 14.8 Å². The van der Waals surface area contributed by atoms with Gasteiger partial charge in [-0.15, -0.1) is 0 Å². The van der Waals surface area contributed by atoms with Crippen molar-refractivity contribution in [3.8, 4) is 11.5 Å². The van der Waals surface area contributed by atoms with E-state index in [0.29, 0.717) is 74.3 Å². The fourth-order valence-electron chi connectivity index (χ4n) is 3.41. The molecular weight excluding hydrogens is 414 g/mol. The molecule has 2 heterocycles. The number of nitrogens with one attached hydrogen (secondary N) is 1. The molecule has 1 saturated heterocycles. The van der Waals surface area contributed by atoms with Gasteiger partial charge >= 0.3 is 6.03 Å². The highest BCUT2D eigenvalue weighted by Crippen LogP contribution is 2.26. The molecule has 3 amide bonds. The predicted molar refractivity (Wildman–Crippen MR) is 117 cm³/mol. The lowest BCUT2D eigenvalue weighted by atomic mass is 10.1. The smallest absolute Gasteiger partial charge is 0.317 e. The zero-order valence-electron chi connectivity index (χ0n) is 19.1. The number of hydrogen-bond donors (Lipinski definition) is 1. The quantitative estimate of drug-likeness (QED) is 0.621. The Balaban J connectivity index is 1.42. The minimum absolute atomic E-state index is 0.120. The first kappa shape index (κ1) is 23.4. The molecule has 1 aliphatic heterocycles. The van der Waals surface area contributed by atoms with Crippen LogP contribution in [0.1, 0.15) is 48.3 Å². The molecule has 1 aromatic heterocycles. The molecule has 0 unspecified atom stereocenters. The lowest BCUT2D eigenvalue weighted by molar-refractivity contribution is 0.0662. The topological polar surface area (TPSA) is 110 Å². The van der Waals surface area contributed by atoms with Gasteiger partial charge in [0.15, 0.2) is 5.82 Å². The number of benzene rings is 1. The Morgan fingerprint density at radius 2 is 1.84 bits per heavy atom. The van der Waals surface area contributed by atoms with Gasteiger partial charge in [0, 0.05) is 51.1 Å². The summed E-state index contributed by atoms with van der Waals surface area (Å²) in [7, 11) is 3.09. The van der Waals surface area contributed by atoms with E-state index in [0.717, 1.165) is 0 Å². The number of rotatable bonds is 8. The molecule has 174 valence electrons. The van der Waals surface area contributed by atoms with Crippen LogP contribution in [0.5, 0.6) is 11.5 Å². The maximum atomic E-state index is 12.9. The minimum atomic E-state index is -0.132. The van der Waals surface area contributed by atoms with Crippen LogP contribution in [-0.4, -0.2) is 78.8 Å². The van der Waals surface area contributed by atoms with Crippen LogP contribution >= 0.6 is 0 Å². The third-order valence-corrected chi connectivity index (χ3v) is 5.34. The van der Waals surface area contributed by atoms with E-state index in [1.54, 1.807) is 35.1 Å². The second kappa shape index (κ2) is 10.8. The number of aromatic nitrogens is 2. The van der Waals surface area contributed by atoms with Crippen LogP contribution in [-0.2, 0) is 6.42 Å². The molecule has 32 heavy (non-hydrogen) atoms. The van der Waals surface area contributed by atoms with Crippen molar-refractivity contribution in [1.29, 1.82) is 0 Å². The van der Waals surface area contributed by atoms with E-state index in [-0.39, 0.29) is 17.9 Å². The first-order valence-corrected chi connectivity index (χ1v) is 10.8.